The van der Waals surface area contributed by atoms with Crippen molar-refractivity contribution in [3.8, 4) is 0 Å². The maximum absolute atomic E-state index is 14.1. The van der Waals surface area contributed by atoms with E-state index < -0.39 is 57.8 Å². The van der Waals surface area contributed by atoms with Gasteiger partial charge in [0.25, 0.3) is 0 Å². The number of hydrogen-bond acceptors (Lipinski definition) is 4. The van der Waals surface area contributed by atoms with Gasteiger partial charge in [-0.15, -0.1) is 0 Å². The number of amidine groups is 1. The van der Waals surface area contributed by atoms with Crippen molar-refractivity contribution in [2.75, 3.05) is 0 Å². The van der Waals surface area contributed by atoms with Crippen molar-refractivity contribution in [2.45, 2.75) is 35.1 Å². The number of nitrogens with one attached hydrogen (secondary N) is 2. The Morgan fingerprint density at radius 2 is 1.91 bits per heavy atom. The van der Waals surface area contributed by atoms with Crippen molar-refractivity contribution < 1.29 is 45.5 Å². The number of benzene rings is 2. The molecule has 0 saturated carbocycles. The quantitative estimate of drug-likeness (QED) is 0.313. The average Bonchev–Trinajstić information content (AvgIpc) is 3.14. The zero-order valence-corrected chi connectivity index (χ0v) is 18.1. The Balaban J connectivity index is 1.95. The van der Waals surface area contributed by atoms with E-state index in [9.17, 15) is 35.5 Å². The number of amides is 1. The molecule has 2 aromatic rings. The van der Waals surface area contributed by atoms with Crippen LogP contribution in [0.4, 0.5) is 41.2 Å². The van der Waals surface area contributed by atoms with Crippen molar-refractivity contribution in [2.24, 2.45) is 4.99 Å². The largest absolute Gasteiger partial charge is 0.465 e. The molecule has 6 nitrogen and oxygen atoms in total. The number of alkyl halides is 6. The highest BCUT2D eigenvalue weighted by atomic mass is 35.5. The summed E-state index contributed by atoms with van der Waals surface area (Å²) in [6.07, 6.45) is -7.40. The van der Waals surface area contributed by atoms with Crippen LogP contribution in [-0.4, -0.2) is 28.7 Å². The minimum absolute atomic E-state index is 0.100. The zero-order valence-electron chi connectivity index (χ0n) is 16.5. The van der Waals surface area contributed by atoms with E-state index in [0.717, 1.165) is 0 Å². The molecule has 3 N–H and O–H groups in total. The first-order chi connectivity index (χ1) is 15.7. The number of thioether (sulfide) groups is 1. The van der Waals surface area contributed by atoms with E-state index in [1.165, 1.54) is 18.2 Å². The molecule has 0 aromatic heterocycles. The molecule has 1 aliphatic heterocycles. The van der Waals surface area contributed by atoms with Gasteiger partial charge in [0.1, 0.15) is 11.7 Å². The summed E-state index contributed by atoms with van der Waals surface area (Å²) in [6, 6.07) is 5.65. The van der Waals surface area contributed by atoms with Crippen molar-refractivity contribution >= 4 is 41.0 Å². The van der Waals surface area contributed by atoms with Gasteiger partial charge in [0.15, 0.2) is 0 Å². The highest BCUT2D eigenvalue weighted by Gasteiger charge is 2.62. The number of aliphatic imine (C=N–C) groups is 1. The Hall–Kier alpha value is -2.71. The highest BCUT2D eigenvalue weighted by molar-refractivity contribution is 8.00. The van der Waals surface area contributed by atoms with Crippen LogP contribution in [0.3, 0.4) is 0 Å². The number of carbonyl (C=O) groups is 1. The molecule has 1 aliphatic rings. The minimum Gasteiger partial charge on any atom is -0.465 e. The van der Waals surface area contributed by atoms with Crippen LogP contribution in [0, 0.1) is 5.82 Å². The van der Waals surface area contributed by atoms with E-state index in [-0.39, 0.29) is 23.1 Å². The molecule has 1 fully saturated rings. The molecule has 1 saturated heterocycles. The van der Waals surface area contributed by atoms with Gasteiger partial charge in [0, 0.05) is 11.6 Å². The van der Waals surface area contributed by atoms with Crippen molar-refractivity contribution in [3.05, 3.63) is 58.4 Å². The number of nitrogens with zero attached hydrogens (tertiary/aromatic N) is 1. The Bertz CT molecular complexity index is 1130. The summed E-state index contributed by atoms with van der Waals surface area (Å²) in [7, 11) is 0. The lowest BCUT2D eigenvalue weighted by Gasteiger charge is -2.29. The molecule has 1 unspecified atom stereocenters. The summed E-state index contributed by atoms with van der Waals surface area (Å²) >= 11 is 5.09. The topological polar surface area (TPSA) is 83.0 Å². The first-order valence-corrected chi connectivity index (χ1v) is 10.3. The van der Waals surface area contributed by atoms with Gasteiger partial charge >= 0.3 is 17.8 Å². The smallest absolute Gasteiger partial charge is 0.446 e. The van der Waals surface area contributed by atoms with Gasteiger partial charge in [-0.1, -0.05) is 17.7 Å². The average molecular weight is 532 g/mol. The van der Waals surface area contributed by atoms with Crippen molar-refractivity contribution in [1.29, 1.82) is 0 Å². The molecule has 0 radical (unpaired) electrons. The zero-order chi connectivity index (χ0) is 25.3. The molecule has 184 valence electrons. The molecular weight excluding hydrogens is 519 g/mol. The summed E-state index contributed by atoms with van der Waals surface area (Å²) in [6.45, 7) is -0.196. The third-order valence-electron chi connectivity index (χ3n) is 4.56. The third-order valence-corrected chi connectivity index (χ3v) is 5.70. The van der Waals surface area contributed by atoms with Gasteiger partial charge in [-0.2, -0.15) is 26.3 Å². The lowest BCUT2D eigenvalue weighted by Crippen LogP contribution is -2.42. The molecule has 0 bridgehead atoms. The van der Waals surface area contributed by atoms with Crippen molar-refractivity contribution in [3.63, 3.8) is 0 Å². The van der Waals surface area contributed by atoms with Crippen LogP contribution in [0.2, 0.25) is 5.02 Å². The van der Waals surface area contributed by atoms with E-state index >= 15 is 0 Å². The maximum atomic E-state index is 14.1. The summed E-state index contributed by atoms with van der Waals surface area (Å²) in [5, 5.41) is 11.0. The normalized spacial score (nSPS) is 19.8. The Morgan fingerprint density at radius 1 is 1.21 bits per heavy atom. The van der Waals surface area contributed by atoms with Gasteiger partial charge in [-0.05, 0) is 53.2 Å². The predicted octanol–water partition coefficient (Wildman–Crippen LogP) is 6.27. The monoisotopic (exact) mass is 531 g/mol. The Labute approximate surface area is 196 Å². The Kier molecular flexibility index (Phi) is 7.24. The molecule has 0 spiro atoms. The minimum atomic E-state index is -5.12. The summed E-state index contributed by atoms with van der Waals surface area (Å²) in [5.74, 6) is -1.67. The molecule has 3 rings (SSSR count). The summed E-state index contributed by atoms with van der Waals surface area (Å²) < 4.78 is 94.0. The van der Waals surface area contributed by atoms with Crippen LogP contribution >= 0.6 is 23.4 Å². The van der Waals surface area contributed by atoms with Crippen LogP contribution in [0.25, 0.3) is 0 Å². The predicted molar refractivity (Wildman–Crippen MR) is 108 cm³/mol. The third kappa shape index (κ3) is 5.85. The summed E-state index contributed by atoms with van der Waals surface area (Å²) in [4.78, 5) is 18.4. The SMILES string of the molecule is O=C(O)NCc1cc(N=C2CC(c3ccc(F)c(SC(F)(F)F)c3)(C(F)(F)F)ON2)ccc1Cl. The van der Waals surface area contributed by atoms with E-state index in [2.05, 4.69) is 10.3 Å². The second kappa shape index (κ2) is 9.50. The second-order valence-electron chi connectivity index (χ2n) is 6.89. The van der Waals surface area contributed by atoms with E-state index in [4.69, 9.17) is 21.5 Å². The van der Waals surface area contributed by atoms with Crippen LogP contribution < -0.4 is 10.8 Å². The number of hydroxylamine groups is 1. The van der Waals surface area contributed by atoms with Gasteiger partial charge in [0.2, 0.25) is 5.60 Å². The van der Waals surface area contributed by atoms with E-state index in [0.29, 0.717) is 23.8 Å². The van der Waals surface area contributed by atoms with E-state index in [1.807, 2.05) is 5.48 Å². The van der Waals surface area contributed by atoms with Crippen LogP contribution in [0.15, 0.2) is 46.3 Å². The number of halogens is 8. The van der Waals surface area contributed by atoms with Crippen LogP contribution in [0.1, 0.15) is 17.5 Å². The number of hydrogen-bond donors (Lipinski definition) is 3. The van der Waals surface area contributed by atoms with Crippen molar-refractivity contribution in [1.82, 2.24) is 10.8 Å². The first-order valence-electron chi connectivity index (χ1n) is 9.09. The van der Waals surface area contributed by atoms with Gasteiger partial charge in [-0.3, -0.25) is 10.3 Å². The fraction of sp³-hybridized carbons (Fsp3) is 0.263. The van der Waals surface area contributed by atoms with E-state index in [1.54, 1.807) is 0 Å². The summed E-state index contributed by atoms with van der Waals surface area (Å²) in [5.41, 5.74) is -6.39. The Morgan fingerprint density at radius 3 is 2.53 bits per heavy atom. The molecule has 0 aliphatic carbocycles. The molecule has 2 aromatic carbocycles. The molecule has 1 heterocycles. The molecular formula is C19H13ClF7N3O3S. The highest BCUT2D eigenvalue weighted by Crippen LogP contribution is 2.49. The van der Waals surface area contributed by atoms with Crippen LogP contribution in [-0.2, 0) is 17.0 Å². The van der Waals surface area contributed by atoms with Gasteiger partial charge in [-0.25, -0.2) is 14.2 Å². The lowest BCUT2D eigenvalue weighted by atomic mass is 9.90. The second-order valence-corrected chi connectivity index (χ2v) is 8.41. The molecule has 15 heteroatoms. The van der Waals surface area contributed by atoms with Gasteiger partial charge < -0.3 is 10.4 Å². The standard InChI is InChI=1S/C19H13ClF7N3O3S/c20-12-3-2-11(5-9(12)8-28-16(31)32)29-15-7-17(33-30-15,18(22,23)24)10-1-4-13(21)14(6-10)34-19(25,26)27/h1-6,28H,7-8H2,(H,29,30)(H,31,32). The van der Waals surface area contributed by atoms with Gasteiger partial charge in [0.05, 0.1) is 17.0 Å². The van der Waals surface area contributed by atoms with Crippen LogP contribution in [0.5, 0.6) is 0 Å². The fourth-order valence-electron chi connectivity index (χ4n) is 3.05. The lowest BCUT2D eigenvalue weighted by molar-refractivity contribution is -0.282. The molecule has 1 amide bonds. The number of carboxylic acid groups (broad SMARTS) is 1. The first kappa shape index (κ1) is 25.9. The fourth-order valence-corrected chi connectivity index (χ4v) is 3.83. The number of rotatable bonds is 5. The molecule has 1 atom stereocenters. The maximum Gasteiger partial charge on any atom is 0.446 e. The molecule has 34 heavy (non-hydrogen) atoms.